The van der Waals surface area contributed by atoms with Gasteiger partial charge in [0.15, 0.2) is 0 Å². The number of nitrogens with one attached hydrogen (secondary N) is 2. The average Bonchev–Trinajstić information content (AvgIpc) is 2.01. The molecule has 1 aliphatic rings. The fraction of sp³-hybridized carbons (Fsp3) is 1.00. The third-order valence-electron chi connectivity index (χ3n) is 4.43. The predicted octanol–water partition coefficient (Wildman–Crippen LogP) is -1.17. The van der Waals surface area contributed by atoms with Crippen LogP contribution >= 0.6 is 0 Å². The predicted molar refractivity (Wildman–Crippen MR) is 56.2 cm³/mol. The molecule has 0 aromatic rings. The summed E-state index contributed by atoms with van der Waals surface area (Å²) in [5.74, 6) is 0.827. The van der Waals surface area contributed by atoms with Crippen molar-refractivity contribution in [1.82, 2.24) is 0 Å². The van der Waals surface area contributed by atoms with E-state index in [4.69, 9.17) is 0 Å². The van der Waals surface area contributed by atoms with E-state index in [1.165, 1.54) is 13.0 Å². The number of quaternary nitrogens is 2. The molecule has 78 valence electrons. The van der Waals surface area contributed by atoms with Gasteiger partial charge in [-0.05, 0) is 13.8 Å². The summed E-state index contributed by atoms with van der Waals surface area (Å²) in [5.41, 5.74) is 0.485. The first-order valence-electron chi connectivity index (χ1n) is 5.51. The molecule has 0 aromatic heterocycles. The zero-order valence-corrected chi connectivity index (χ0v) is 10.1. The highest BCUT2D eigenvalue weighted by Crippen LogP contribution is 2.20. The lowest BCUT2D eigenvalue weighted by Gasteiger charge is -2.45. The average molecular weight is 186 g/mol. The summed E-state index contributed by atoms with van der Waals surface area (Å²) in [7, 11) is 6.92. The first-order chi connectivity index (χ1) is 5.88. The van der Waals surface area contributed by atoms with Crippen LogP contribution in [0.1, 0.15) is 27.2 Å². The van der Waals surface area contributed by atoms with Gasteiger partial charge in [0.2, 0.25) is 0 Å². The van der Waals surface area contributed by atoms with E-state index >= 15 is 0 Å². The Morgan fingerprint density at radius 2 is 1.85 bits per heavy atom. The van der Waals surface area contributed by atoms with Crippen LogP contribution in [0.5, 0.6) is 0 Å². The highest BCUT2D eigenvalue weighted by atomic mass is 15.2. The third kappa shape index (κ3) is 1.89. The summed E-state index contributed by atoms with van der Waals surface area (Å²) in [5, 5.41) is 0. The summed E-state index contributed by atoms with van der Waals surface area (Å²) < 4.78 is 0. The monoisotopic (exact) mass is 186 g/mol. The van der Waals surface area contributed by atoms with Crippen LogP contribution in [0.3, 0.4) is 0 Å². The number of rotatable bonds is 1. The van der Waals surface area contributed by atoms with Crippen molar-refractivity contribution in [2.45, 2.75) is 38.8 Å². The van der Waals surface area contributed by atoms with Gasteiger partial charge in [0.25, 0.3) is 0 Å². The maximum absolute atomic E-state index is 2.44. The zero-order valence-electron chi connectivity index (χ0n) is 10.1. The highest BCUT2D eigenvalue weighted by molar-refractivity contribution is 4.83. The molecule has 0 spiro atoms. The van der Waals surface area contributed by atoms with E-state index in [0.29, 0.717) is 5.54 Å². The van der Waals surface area contributed by atoms with Gasteiger partial charge in [0.1, 0.15) is 5.54 Å². The van der Waals surface area contributed by atoms with Crippen molar-refractivity contribution >= 4 is 0 Å². The molecule has 0 radical (unpaired) electrons. The standard InChI is InChI=1S/C11H24N2/c1-9-8-13(6)10(2)7-11(9,3)12(4)5/h9-10H,7-8H2,1-6H3/p+2/t9-,10-,11-/m1/s1. The Balaban J connectivity index is 2.76. The molecule has 13 heavy (non-hydrogen) atoms. The van der Waals surface area contributed by atoms with Gasteiger partial charge in [-0.1, -0.05) is 6.92 Å². The molecule has 1 aliphatic heterocycles. The molecule has 0 aromatic carbocycles. The molecule has 0 saturated carbocycles. The lowest BCUT2D eigenvalue weighted by molar-refractivity contribution is -0.966. The van der Waals surface area contributed by atoms with Crippen molar-refractivity contribution in [3.63, 3.8) is 0 Å². The summed E-state index contributed by atoms with van der Waals surface area (Å²) in [6.07, 6.45) is 1.35. The van der Waals surface area contributed by atoms with Crippen LogP contribution in [-0.2, 0) is 0 Å². The van der Waals surface area contributed by atoms with Crippen molar-refractivity contribution in [2.75, 3.05) is 27.7 Å². The van der Waals surface area contributed by atoms with Gasteiger partial charge < -0.3 is 9.80 Å². The minimum absolute atomic E-state index is 0.485. The Labute approximate surface area is 82.9 Å². The quantitative estimate of drug-likeness (QED) is 0.511. The van der Waals surface area contributed by atoms with Crippen LogP contribution in [0.15, 0.2) is 0 Å². The van der Waals surface area contributed by atoms with Gasteiger partial charge in [-0.25, -0.2) is 0 Å². The van der Waals surface area contributed by atoms with Gasteiger partial charge in [-0.3, -0.25) is 0 Å². The summed E-state index contributed by atoms with van der Waals surface area (Å²) >= 11 is 0. The van der Waals surface area contributed by atoms with E-state index in [0.717, 1.165) is 12.0 Å². The first-order valence-corrected chi connectivity index (χ1v) is 5.51. The molecule has 1 saturated heterocycles. The number of hydrogen-bond acceptors (Lipinski definition) is 0. The van der Waals surface area contributed by atoms with Crippen LogP contribution in [-0.4, -0.2) is 39.3 Å². The minimum atomic E-state index is 0.485. The molecule has 1 unspecified atom stereocenters. The molecular weight excluding hydrogens is 160 g/mol. The molecule has 0 amide bonds. The van der Waals surface area contributed by atoms with Gasteiger partial charge in [-0.2, -0.15) is 0 Å². The Morgan fingerprint density at radius 1 is 1.31 bits per heavy atom. The van der Waals surface area contributed by atoms with E-state index in [-0.39, 0.29) is 0 Å². The molecule has 1 fully saturated rings. The van der Waals surface area contributed by atoms with E-state index in [1.807, 2.05) is 0 Å². The Hall–Kier alpha value is -0.0800. The summed E-state index contributed by atoms with van der Waals surface area (Å²) in [4.78, 5) is 3.31. The van der Waals surface area contributed by atoms with E-state index < -0.39 is 0 Å². The lowest BCUT2D eigenvalue weighted by Crippen LogP contribution is -3.23. The van der Waals surface area contributed by atoms with Crippen LogP contribution in [0.4, 0.5) is 0 Å². The topological polar surface area (TPSA) is 8.88 Å². The second-order valence-electron chi connectivity index (χ2n) is 5.47. The molecule has 1 rings (SSSR count). The van der Waals surface area contributed by atoms with Gasteiger partial charge in [-0.15, -0.1) is 0 Å². The van der Waals surface area contributed by atoms with E-state index in [2.05, 4.69) is 41.9 Å². The fourth-order valence-electron chi connectivity index (χ4n) is 2.62. The van der Waals surface area contributed by atoms with Crippen molar-refractivity contribution < 1.29 is 9.80 Å². The summed E-state index contributed by atoms with van der Waals surface area (Å²) in [6.45, 7) is 8.55. The number of hydrogen-bond donors (Lipinski definition) is 2. The summed E-state index contributed by atoms with van der Waals surface area (Å²) in [6, 6.07) is 0.816. The smallest absolute Gasteiger partial charge is 0.108 e. The van der Waals surface area contributed by atoms with Crippen LogP contribution in [0.2, 0.25) is 0 Å². The number of likely N-dealkylation sites (tertiary alicyclic amines) is 1. The van der Waals surface area contributed by atoms with Gasteiger partial charge >= 0.3 is 0 Å². The zero-order chi connectivity index (χ0) is 10.2. The molecule has 2 heteroatoms. The minimum Gasteiger partial charge on any atom is -0.335 e. The highest BCUT2D eigenvalue weighted by Gasteiger charge is 2.46. The van der Waals surface area contributed by atoms with Gasteiger partial charge in [0.05, 0.1) is 46.1 Å². The van der Waals surface area contributed by atoms with Crippen molar-refractivity contribution in [1.29, 1.82) is 0 Å². The van der Waals surface area contributed by atoms with Crippen molar-refractivity contribution in [2.24, 2.45) is 5.92 Å². The molecular formula is C11H26N2+2. The Morgan fingerprint density at radius 3 is 2.31 bits per heavy atom. The molecule has 2 nitrogen and oxygen atoms in total. The van der Waals surface area contributed by atoms with Gasteiger partial charge in [0, 0.05) is 0 Å². The molecule has 4 atom stereocenters. The normalized spacial score (nSPS) is 46.8. The SMILES string of the molecule is C[C@@H]1C[C@@](C)([NH+](C)C)[C@H](C)C[NH+]1C. The second kappa shape index (κ2) is 3.58. The molecule has 1 heterocycles. The van der Waals surface area contributed by atoms with Crippen LogP contribution in [0.25, 0.3) is 0 Å². The molecule has 0 aliphatic carbocycles. The molecule has 0 bridgehead atoms. The molecule has 2 N–H and O–H groups in total. The second-order valence-corrected chi connectivity index (χ2v) is 5.47. The van der Waals surface area contributed by atoms with E-state index in [1.54, 1.807) is 9.80 Å². The first kappa shape index (κ1) is 11.0. The Kier molecular flexibility index (Phi) is 3.03. The van der Waals surface area contributed by atoms with Crippen molar-refractivity contribution in [3.8, 4) is 0 Å². The van der Waals surface area contributed by atoms with E-state index in [9.17, 15) is 0 Å². The maximum atomic E-state index is 2.44. The van der Waals surface area contributed by atoms with Crippen LogP contribution < -0.4 is 9.80 Å². The maximum Gasteiger partial charge on any atom is 0.108 e. The Bertz CT molecular complexity index is 179. The third-order valence-corrected chi connectivity index (χ3v) is 4.43. The fourth-order valence-corrected chi connectivity index (χ4v) is 2.62. The number of piperidine rings is 1. The van der Waals surface area contributed by atoms with Crippen molar-refractivity contribution in [3.05, 3.63) is 0 Å². The largest absolute Gasteiger partial charge is 0.335 e. The lowest BCUT2D eigenvalue weighted by atomic mass is 9.77. The van der Waals surface area contributed by atoms with Crippen LogP contribution in [0, 0.1) is 5.92 Å².